The second-order valence-electron chi connectivity index (χ2n) is 3.65. The summed E-state index contributed by atoms with van der Waals surface area (Å²) < 4.78 is 0. The molecule has 0 aromatic rings. The normalized spacial score (nSPS) is 24.8. The van der Waals surface area contributed by atoms with Crippen molar-refractivity contribution in [3.8, 4) is 0 Å². The van der Waals surface area contributed by atoms with Crippen molar-refractivity contribution in [2.24, 2.45) is 5.92 Å². The van der Waals surface area contributed by atoms with Crippen LogP contribution in [0.2, 0.25) is 0 Å². The Morgan fingerprint density at radius 3 is 2.82 bits per heavy atom. The predicted molar refractivity (Wildman–Crippen MR) is 57.1 cm³/mol. The zero-order chi connectivity index (χ0) is 8.10. The average molecular weight is 190 g/mol. The van der Waals surface area contributed by atoms with Crippen LogP contribution in [0, 0.1) is 5.92 Å². The fraction of sp³-hybridized carbons (Fsp3) is 1.00. The summed E-state index contributed by atoms with van der Waals surface area (Å²) in [7, 11) is 4.17. The van der Waals surface area contributed by atoms with Gasteiger partial charge in [0.2, 0.25) is 0 Å². The summed E-state index contributed by atoms with van der Waals surface area (Å²) in [6.45, 7) is 4.63. The van der Waals surface area contributed by atoms with Crippen molar-refractivity contribution in [1.29, 1.82) is 0 Å². The summed E-state index contributed by atoms with van der Waals surface area (Å²) in [4.78, 5) is 0. The van der Waals surface area contributed by atoms with Crippen molar-refractivity contribution >= 4 is 21.6 Å². The molecule has 11 heavy (non-hydrogen) atoms. The highest BCUT2D eigenvalue weighted by Crippen LogP contribution is 2.39. The molecule has 1 rings (SSSR count). The minimum Gasteiger partial charge on any atom is -0.0938 e. The van der Waals surface area contributed by atoms with Gasteiger partial charge >= 0.3 is 0 Å². The lowest BCUT2D eigenvalue weighted by Gasteiger charge is -2.07. The van der Waals surface area contributed by atoms with E-state index in [1.807, 2.05) is 0 Å². The van der Waals surface area contributed by atoms with Gasteiger partial charge in [0.05, 0.1) is 0 Å². The first-order valence-electron chi connectivity index (χ1n) is 4.57. The summed E-state index contributed by atoms with van der Waals surface area (Å²) in [5.74, 6) is 2.28. The topological polar surface area (TPSA) is 0 Å². The van der Waals surface area contributed by atoms with Crippen LogP contribution in [0.15, 0.2) is 0 Å². The van der Waals surface area contributed by atoms with E-state index in [2.05, 4.69) is 35.4 Å². The van der Waals surface area contributed by atoms with Crippen LogP contribution in [-0.2, 0) is 0 Å². The lowest BCUT2D eigenvalue weighted by Crippen LogP contribution is -1.98. The molecule has 0 amide bonds. The fourth-order valence-electron chi connectivity index (χ4n) is 1.32. The molecule has 2 heteroatoms. The molecule has 1 aliphatic heterocycles. The van der Waals surface area contributed by atoms with E-state index in [1.165, 1.54) is 31.4 Å². The van der Waals surface area contributed by atoms with Crippen molar-refractivity contribution in [3.63, 3.8) is 0 Å². The van der Waals surface area contributed by atoms with Gasteiger partial charge in [0.15, 0.2) is 0 Å². The lowest BCUT2D eigenvalue weighted by atomic mass is 10.0. The summed E-state index contributed by atoms with van der Waals surface area (Å²) in [6, 6.07) is 0. The maximum absolute atomic E-state index is 2.32. The second kappa shape index (κ2) is 5.36. The number of rotatable bonds is 4. The number of hydrogen-bond acceptors (Lipinski definition) is 2. The van der Waals surface area contributed by atoms with E-state index in [9.17, 15) is 0 Å². The third kappa shape index (κ3) is 4.32. The van der Waals surface area contributed by atoms with E-state index in [-0.39, 0.29) is 0 Å². The van der Waals surface area contributed by atoms with Crippen molar-refractivity contribution in [2.75, 3.05) is 5.75 Å². The summed E-state index contributed by atoms with van der Waals surface area (Å²) >= 11 is 0. The number of hydrogen-bond donors (Lipinski definition) is 0. The Labute approximate surface area is 78.3 Å². The zero-order valence-electron chi connectivity index (χ0n) is 7.51. The molecular formula is C9H18S2. The molecule has 66 valence electrons. The van der Waals surface area contributed by atoms with Gasteiger partial charge in [0.1, 0.15) is 0 Å². The van der Waals surface area contributed by atoms with Crippen LogP contribution in [0.5, 0.6) is 0 Å². The Morgan fingerprint density at radius 1 is 1.45 bits per heavy atom. The third-order valence-electron chi connectivity index (χ3n) is 2.03. The molecule has 0 aromatic carbocycles. The van der Waals surface area contributed by atoms with Gasteiger partial charge in [-0.15, -0.1) is 0 Å². The molecule has 0 aromatic heterocycles. The van der Waals surface area contributed by atoms with E-state index >= 15 is 0 Å². The van der Waals surface area contributed by atoms with Gasteiger partial charge in [-0.1, -0.05) is 48.3 Å². The SMILES string of the molecule is CC(C)CCCC1CCSS1. The first-order chi connectivity index (χ1) is 5.29. The minimum atomic E-state index is 0.897. The molecule has 1 saturated heterocycles. The molecule has 0 saturated carbocycles. The van der Waals surface area contributed by atoms with Crippen molar-refractivity contribution in [1.82, 2.24) is 0 Å². The van der Waals surface area contributed by atoms with Crippen LogP contribution in [-0.4, -0.2) is 11.0 Å². The summed E-state index contributed by atoms with van der Waals surface area (Å²) in [6.07, 6.45) is 5.76. The monoisotopic (exact) mass is 190 g/mol. The van der Waals surface area contributed by atoms with Gasteiger partial charge in [0.25, 0.3) is 0 Å². The lowest BCUT2D eigenvalue weighted by molar-refractivity contribution is 0.531. The van der Waals surface area contributed by atoms with E-state index in [1.54, 1.807) is 0 Å². The quantitative estimate of drug-likeness (QED) is 0.615. The van der Waals surface area contributed by atoms with E-state index in [4.69, 9.17) is 0 Å². The largest absolute Gasteiger partial charge is 0.0938 e. The molecule has 1 aliphatic rings. The highest BCUT2D eigenvalue weighted by atomic mass is 33.1. The molecule has 0 nitrogen and oxygen atoms in total. The molecule has 0 N–H and O–H groups in total. The van der Waals surface area contributed by atoms with Gasteiger partial charge in [-0.2, -0.15) is 0 Å². The van der Waals surface area contributed by atoms with Crippen LogP contribution in [0.4, 0.5) is 0 Å². The molecule has 1 unspecified atom stereocenters. The van der Waals surface area contributed by atoms with Crippen LogP contribution < -0.4 is 0 Å². The standard InChI is InChI=1S/C9H18S2/c1-8(2)4-3-5-9-6-7-10-11-9/h8-9H,3-7H2,1-2H3. The highest BCUT2D eigenvalue weighted by Gasteiger charge is 2.15. The van der Waals surface area contributed by atoms with Crippen LogP contribution in [0.1, 0.15) is 39.5 Å². The van der Waals surface area contributed by atoms with Crippen molar-refractivity contribution < 1.29 is 0 Å². The third-order valence-corrected chi connectivity index (χ3v) is 5.04. The van der Waals surface area contributed by atoms with Gasteiger partial charge in [-0.3, -0.25) is 0 Å². The second-order valence-corrected chi connectivity index (χ2v) is 6.44. The van der Waals surface area contributed by atoms with Crippen LogP contribution in [0.25, 0.3) is 0 Å². The summed E-state index contributed by atoms with van der Waals surface area (Å²) in [5.41, 5.74) is 0. The van der Waals surface area contributed by atoms with E-state index in [0.717, 1.165) is 11.2 Å². The molecule has 1 atom stereocenters. The molecule has 1 heterocycles. The van der Waals surface area contributed by atoms with Crippen LogP contribution in [0.3, 0.4) is 0 Å². The molecule has 0 aliphatic carbocycles. The Balaban J connectivity index is 1.94. The smallest absolute Gasteiger partial charge is 0.0159 e. The zero-order valence-corrected chi connectivity index (χ0v) is 9.14. The predicted octanol–water partition coefficient (Wildman–Crippen LogP) is 3.97. The molecule has 0 spiro atoms. The molecule has 0 bridgehead atoms. The minimum absolute atomic E-state index is 0.897. The molecule has 1 fully saturated rings. The van der Waals surface area contributed by atoms with Gasteiger partial charge in [-0.05, 0) is 18.8 Å². The Hall–Kier alpha value is 0.700. The Morgan fingerprint density at radius 2 is 2.27 bits per heavy atom. The van der Waals surface area contributed by atoms with Crippen molar-refractivity contribution in [3.05, 3.63) is 0 Å². The average Bonchev–Trinajstić information content (AvgIpc) is 2.39. The first kappa shape index (κ1) is 9.79. The van der Waals surface area contributed by atoms with Crippen LogP contribution >= 0.6 is 21.6 Å². The molecule has 0 radical (unpaired) electrons. The Kier molecular flexibility index (Phi) is 4.77. The van der Waals surface area contributed by atoms with Crippen molar-refractivity contribution in [2.45, 2.75) is 44.8 Å². The Bertz CT molecular complexity index is 95.7. The highest BCUT2D eigenvalue weighted by molar-refractivity contribution is 8.77. The maximum atomic E-state index is 2.32. The van der Waals surface area contributed by atoms with E-state index in [0.29, 0.717) is 0 Å². The summed E-state index contributed by atoms with van der Waals surface area (Å²) in [5, 5.41) is 0.985. The first-order valence-corrected chi connectivity index (χ1v) is 6.95. The van der Waals surface area contributed by atoms with Gasteiger partial charge in [-0.25, -0.2) is 0 Å². The fourth-order valence-corrected chi connectivity index (χ4v) is 4.35. The van der Waals surface area contributed by atoms with Gasteiger partial charge in [0, 0.05) is 11.0 Å². The molecular weight excluding hydrogens is 172 g/mol. The maximum Gasteiger partial charge on any atom is 0.0159 e. The van der Waals surface area contributed by atoms with E-state index < -0.39 is 0 Å². The van der Waals surface area contributed by atoms with Gasteiger partial charge < -0.3 is 0 Å².